The highest BCUT2D eigenvalue weighted by molar-refractivity contribution is 6.45. The van der Waals surface area contributed by atoms with Crippen LogP contribution in [0.3, 0.4) is 0 Å². The van der Waals surface area contributed by atoms with Crippen molar-refractivity contribution in [3.63, 3.8) is 0 Å². The zero-order valence-corrected chi connectivity index (χ0v) is 16.7. The Labute approximate surface area is 164 Å². The molecule has 1 aliphatic heterocycles. The van der Waals surface area contributed by atoms with E-state index >= 15 is 0 Å². The normalized spacial score (nSPS) is 15.4. The summed E-state index contributed by atoms with van der Waals surface area (Å²) in [6, 6.07) is 6.27. The highest BCUT2D eigenvalue weighted by Crippen LogP contribution is 2.24. The number of benzene rings is 1. The molecular weight excluding hydrogens is 362 g/mol. The molecule has 1 heterocycles. The number of urea groups is 1. The molecule has 8 nitrogen and oxygen atoms in total. The van der Waals surface area contributed by atoms with Crippen molar-refractivity contribution < 1.29 is 23.9 Å². The third-order valence-electron chi connectivity index (χ3n) is 4.63. The Hall–Kier alpha value is -2.90. The molecule has 2 rings (SSSR count). The lowest BCUT2D eigenvalue weighted by Gasteiger charge is -2.24. The van der Waals surface area contributed by atoms with Crippen LogP contribution >= 0.6 is 0 Å². The molecule has 0 saturated carbocycles. The zero-order valence-electron chi connectivity index (χ0n) is 16.7. The van der Waals surface area contributed by atoms with Gasteiger partial charge in [-0.3, -0.25) is 19.3 Å². The van der Waals surface area contributed by atoms with Crippen LogP contribution in [0.25, 0.3) is 0 Å². The monoisotopic (exact) mass is 389 g/mol. The maximum atomic E-state index is 12.5. The number of unbranched alkanes of at least 4 members (excludes halogenated alkanes) is 1. The van der Waals surface area contributed by atoms with Crippen LogP contribution < -0.4 is 10.1 Å². The summed E-state index contributed by atoms with van der Waals surface area (Å²) in [5.41, 5.74) is 0.879. The Balaban J connectivity index is 2.07. The Morgan fingerprint density at radius 1 is 1.07 bits per heavy atom. The average molecular weight is 389 g/mol. The van der Waals surface area contributed by atoms with Crippen molar-refractivity contribution in [3.05, 3.63) is 29.8 Å². The summed E-state index contributed by atoms with van der Waals surface area (Å²) < 4.78 is 5.15. The Morgan fingerprint density at radius 3 is 2.21 bits per heavy atom. The molecule has 0 aliphatic carbocycles. The quantitative estimate of drug-likeness (QED) is 0.515. The largest absolute Gasteiger partial charge is 0.497 e. The fourth-order valence-electron chi connectivity index (χ4n) is 3.01. The molecule has 152 valence electrons. The van der Waals surface area contributed by atoms with Crippen molar-refractivity contribution >= 4 is 23.8 Å². The Morgan fingerprint density at radius 2 is 1.68 bits per heavy atom. The van der Waals surface area contributed by atoms with E-state index in [4.69, 9.17) is 4.74 Å². The molecule has 8 heteroatoms. The predicted octanol–water partition coefficient (Wildman–Crippen LogP) is 2.10. The molecule has 1 unspecified atom stereocenters. The van der Waals surface area contributed by atoms with E-state index in [-0.39, 0.29) is 18.5 Å². The van der Waals surface area contributed by atoms with Crippen molar-refractivity contribution in [1.82, 2.24) is 15.1 Å². The fourth-order valence-corrected chi connectivity index (χ4v) is 3.01. The molecule has 1 saturated heterocycles. The van der Waals surface area contributed by atoms with Gasteiger partial charge in [-0.05, 0) is 30.0 Å². The van der Waals surface area contributed by atoms with Crippen molar-refractivity contribution in [2.75, 3.05) is 20.2 Å². The standard InChI is InChI=1S/C20H27N3O5/c1-5-6-11-22-18(25)19(26)23(20(22)27)12-16(24)21-17(13(2)3)14-7-9-15(28-4)10-8-14/h7-10,13,17H,5-6,11-12H2,1-4H3,(H,21,24). The van der Waals surface area contributed by atoms with Crippen LogP contribution in [0.5, 0.6) is 5.75 Å². The molecule has 1 atom stereocenters. The number of rotatable bonds is 9. The van der Waals surface area contributed by atoms with Gasteiger partial charge in [0.15, 0.2) is 0 Å². The van der Waals surface area contributed by atoms with Gasteiger partial charge >= 0.3 is 17.8 Å². The van der Waals surface area contributed by atoms with Crippen molar-refractivity contribution in [2.45, 2.75) is 39.7 Å². The number of carbonyl (C=O) groups is 4. The molecule has 1 aliphatic rings. The molecule has 5 amide bonds. The number of hydrogen-bond donors (Lipinski definition) is 1. The van der Waals surface area contributed by atoms with Gasteiger partial charge in [0, 0.05) is 6.54 Å². The molecule has 0 spiro atoms. The molecule has 0 bridgehead atoms. The van der Waals surface area contributed by atoms with Crippen molar-refractivity contribution in [3.8, 4) is 5.75 Å². The minimum atomic E-state index is -0.957. The number of amides is 5. The van der Waals surface area contributed by atoms with Crippen LogP contribution in [0, 0.1) is 5.92 Å². The van der Waals surface area contributed by atoms with E-state index in [1.807, 2.05) is 32.9 Å². The Bertz CT molecular complexity index is 745. The second kappa shape index (κ2) is 9.34. The second-order valence-corrected chi connectivity index (χ2v) is 7.05. The van der Waals surface area contributed by atoms with E-state index in [2.05, 4.69) is 5.32 Å². The van der Waals surface area contributed by atoms with E-state index in [9.17, 15) is 19.2 Å². The summed E-state index contributed by atoms with van der Waals surface area (Å²) in [6.07, 6.45) is 1.39. The number of imide groups is 2. The summed E-state index contributed by atoms with van der Waals surface area (Å²) in [4.78, 5) is 50.6. The first kappa shape index (κ1) is 21.4. The highest BCUT2D eigenvalue weighted by Gasteiger charge is 2.44. The molecule has 0 radical (unpaired) electrons. The van der Waals surface area contributed by atoms with E-state index in [1.54, 1.807) is 19.2 Å². The number of methoxy groups -OCH3 is 1. The van der Waals surface area contributed by atoms with Crippen LogP contribution in [-0.4, -0.2) is 53.8 Å². The van der Waals surface area contributed by atoms with Gasteiger partial charge in [0.2, 0.25) is 5.91 Å². The van der Waals surface area contributed by atoms with Crippen LogP contribution in [-0.2, 0) is 14.4 Å². The molecule has 1 aromatic rings. The van der Waals surface area contributed by atoms with Gasteiger partial charge in [-0.15, -0.1) is 0 Å². The molecule has 1 fully saturated rings. The smallest absolute Gasteiger partial charge is 0.334 e. The highest BCUT2D eigenvalue weighted by atomic mass is 16.5. The van der Waals surface area contributed by atoms with Crippen LogP contribution in [0.4, 0.5) is 4.79 Å². The fraction of sp³-hybridized carbons (Fsp3) is 0.500. The third-order valence-corrected chi connectivity index (χ3v) is 4.63. The number of nitrogens with zero attached hydrogens (tertiary/aromatic N) is 2. The minimum Gasteiger partial charge on any atom is -0.497 e. The van der Waals surface area contributed by atoms with Gasteiger partial charge in [-0.1, -0.05) is 39.3 Å². The van der Waals surface area contributed by atoms with Gasteiger partial charge in [0.25, 0.3) is 0 Å². The van der Waals surface area contributed by atoms with Crippen molar-refractivity contribution in [1.29, 1.82) is 0 Å². The van der Waals surface area contributed by atoms with Gasteiger partial charge in [0.1, 0.15) is 12.3 Å². The minimum absolute atomic E-state index is 0.0741. The molecule has 1 aromatic carbocycles. The maximum Gasteiger partial charge on any atom is 0.334 e. The van der Waals surface area contributed by atoms with Gasteiger partial charge < -0.3 is 10.1 Å². The van der Waals surface area contributed by atoms with Gasteiger partial charge in [-0.2, -0.15) is 0 Å². The van der Waals surface area contributed by atoms with Crippen LogP contribution in [0.2, 0.25) is 0 Å². The second-order valence-electron chi connectivity index (χ2n) is 7.05. The van der Waals surface area contributed by atoms with E-state index in [0.29, 0.717) is 17.1 Å². The van der Waals surface area contributed by atoms with Crippen LogP contribution in [0.1, 0.15) is 45.2 Å². The summed E-state index contributed by atoms with van der Waals surface area (Å²) in [6.45, 7) is 5.53. The molecule has 28 heavy (non-hydrogen) atoms. The number of ether oxygens (including phenoxy) is 1. The molecule has 1 N–H and O–H groups in total. The number of nitrogens with one attached hydrogen (secondary N) is 1. The third kappa shape index (κ3) is 4.68. The van der Waals surface area contributed by atoms with Gasteiger partial charge in [-0.25, -0.2) is 9.69 Å². The first-order chi connectivity index (χ1) is 13.3. The van der Waals surface area contributed by atoms with E-state index in [0.717, 1.165) is 16.9 Å². The van der Waals surface area contributed by atoms with Crippen molar-refractivity contribution in [2.24, 2.45) is 5.92 Å². The van der Waals surface area contributed by atoms with Crippen LogP contribution in [0.15, 0.2) is 24.3 Å². The zero-order chi connectivity index (χ0) is 20.8. The lowest BCUT2D eigenvalue weighted by atomic mass is 9.96. The first-order valence-corrected chi connectivity index (χ1v) is 9.40. The lowest BCUT2D eigenvalue weighted by Crippen LogP contribution is -2.43. The predicted molar refractivity (Wildman–Crippen MR) is 102 cm³/mol. The summed E-state index contributed by atoms with van der Waals surface area (Å²) in [7, 11) is 1.58. The SMILES string of the molecule is CCCCN1C(=O)C(=O)N(CC(=O)NC(c2ccc(OC)cc2)C(C)C)C1=O. The topological polar surface area (TPSA) is 96.0 Å². The average Bonchev–Trinajstić information content (AvgIpc) is 2.87. The summed E-state index contributed by atoms with van der Waals surface area (Å²) in [5, 5.41) is 2.86. The summed E-state index contributed by atoms with van der Waals surface area (Å²) >= 11 is 0. The van der Waals surface area contributed by atoms with E-state index < -0.39 is 30.3 Å². The lowest BCUT2D eigenvalue weighted by molar-refractivity contribution is -0.144. The number of carbonyl (C=O) groups excluding carboxylic acids is 4. The van der Waals surface area contributed by atoms with E-state index in [1.165, 1.54) is 0 Å². The number of hydrogen-bond acceptors (Lipinski definition) is 5. The molecule has 0 aromatic heterocycles. The first-order valence-electron chi connectivity index (χ1n) is 9.40. The molecular formula is C20H27N3O5. The Kier molecular flexibility index (Phi) is 7.14. The van der Waals surface area contributed by atoms with Gasteiger partial charge in [0.05, 0.1) is 13.2 Å². The summed E-state index contributed by atoms with van der Waals surface area (Å²) in [5.74, 6) is -1.55. The maximum absolute atomic E-state index is 12.5.